The van der Waals surface area contributed by atoms with E-state index in [2.05, 4.69) is 0 Å². The van der Waals surface area contributed by atoms with Crippen LogP contribution in [0.25, 0.3) is 11.1 Å². The van der Waals surface area contributed by atoms with Crippen LogP contribution in [0, 0.1) is 0 Å². The van der Waals surface area contributed by atoms with Gasteiger partial charge in [-0.25, -0.2) is 4.79 Å². The number of imide groups is 1. The van der Waals surface area contributed by atoms with Gasteiger partial charge in [0.1, 0.15) is 0 Å². The number of carboxylic acids is 1. The average molecular weight is 482 g/mol. The summed E-state index contributed by atoms with van der Waals surface area (Å²) in [5.74, 6) is -2.49. The highest BCUT2D eigenvalue weighted by atomic mass is 35.5. The van der Waals surface area contributed by atoms with Gasteiger partial charge in [0, 0.05) is 28.6 Å². The maximum absolute atomic E-state index is 12.5. The van der Waals surface area contributed by atoms with Crippen molar-refractivity contribution in [1.82, 2.24) is 4.90 Å². The van der Waals surface area contributed by atoms with Crippen molar-refractivity contribution in [1.29, 1.82) is 0 Å². The molecule has 2 amide bonds. The molecule has 4 rings (SSSR count). The van der Waals surface area contributed by atoms with Crippen molar-refractivity contribution in [2.24, 2.45) is 0 Å². The highest BCUT2D eigenvalue weighted by Crippen LogP contribution is 2.30. The summed E-state index contributed by atoms with van der Waals surface area (Å²) < 4.78 is 0. The Labute approximate surface area is 199 Å². The molecule has 0 aliphatic carbocycles. The van der Waals surface area contributed by atoms with Crippen molar-refractivity contribution < 1.29 is 24.6 Å². The Balaban J connectivity index is 1.40. The molecule has 1 heterocycles. The summed E-state index contributed by atoms with van der Waals surface area (Å²) in [5.41, 5.74) is 0.455. The summed E-state index contributed by atoms with van der Waals surface area (Å²) in [6.45, 7) is -0.189. The Bertz CT molecular complexity index is 1180. The Morgan fingerprint density at radius 2 is 1.39 bits per heavy atom. The van der Waals surface area contributed by atoms with Crippen LogP contribution in [-0.4, -0.2) is 50.8 Å². The number of fused-ring (bicyclic) bond motifs is 1. The van der Waals surface area contributed by atoms with E-state index in [4.69, 9.17) is 11.6 Å². The quantitative estimate of drug-likeness (QED) is 0.360. The fourth-order valence-corrected chi connectivity index (χ4v) is 4.70. The normalized spacial score (nSPS) is 14.8. The molecule has 1 aliphatic rings. The molecule has 0 spiro atoms. The first-order valence-electron chi connectivity index (χ1n) is 10.2. The van der Waals surface area contributed by atoms with Crippen molar-refractivity contribution >= 4 is 41.1 Å². The Morgan fingerprint density at radius 1 is 0.879 bits per heavy atom. The van der Waals surface area contributed by atoms with Gasteiger partial charge in [0.15, 0.2) is 5.60 Å². The number of hydrogen-bond acceptors (Lipinski definition) is 5. The molecule has 2 N–H and O–H groups in total. The van der Waals surface area contributed by atoms with Gasteiger partial charge in [-0.15, -0.1) is 11.8 Å². The number of nitrogens with zero attached hydrogens (tertiary/aromatic N) is 1. The van der Waals surface area contributed by atoms with Crippen LogP contribution in [0.5, 0.6) is 0 Å². The summed E-state index contributed by atoms with van der Waals surface area (Å²) in [7, 11) is 0. The van der Waals surface area contributed by atoms with Crippen molar-refractivity contribution in [2.75, 3.05) is 12.3 Å². The topological polar surface area (TPSA) is 94.9 Å². The summed E-state index contributed by atoms with van der Waals surface area (Å²) in [6, 6.07) is 21.4. The number of carbonyl (C=O) groups excluding carboxylic acids is 2. The highest BCUT2D eigenvalue weighted by molar-refractivity contribution is 7.99. The Kier molecular flexibility index (Phi) is 6.56. The molecular formula is C25H20ClNO5S. The number of benzene rings is 3. The second kappa shape index (κ2) is 9.39. The third-order valence-corrected chi connectivity index (χ3v) is 7.01. The molecule has 1 unspecified atom stereocenters. The number of thioether (sulfide) groups is 1. The molecule has 1 atom stereocenters. The van der Waals surface area contributed by atoms with Crippen LogP contribution in [0.2, 0.25) is 5.02 Å². The molecular weight excluding hydrogens is 462 g/mol. The van der Waals surface area contributed by atoms with Crippen LogP contribution in [0.4, 0.5) is 0 Å². The minimum atomic E-state index is -2.10. The van der Waals surface area contributed by atoms with E-state index in [1.165, 1.54) is 11.8 Å². The van der Waals surface area contributed by atoms with E-state index in [-0.39, 0.29) is 29.8 Å². The van der Waals surface area contributed by atoms with Gasteiger partial charge < -0.3 is 10.2 Å². The lowest BCUT2D eigenvalue weighted by molar-refractivity contribution is -0.156. The van der Waals surface area contributed by atoms with Gasteiger partial charge in [-0.2, -0.15) is 0 Å². The molecule has 33 heavy (non-hydrogen) atoms. The first kappa shape index (κ1) is 23.0. The second-order valence-electron chi connectivity index (χ2n) is 7.71. The van der Waals surface area contributed by atoms with E-state index in [9.17, 15) is 24.6 Å². The number of rotatable bonds is 8. The van der Waals surface area contributed by atoms with Crippen LogP contribution in [0.15, 0.2) is 77.7 Å². The van der Waals surface area contributed by atoms with E-state index in [0.717, 1.165) is 20.9 Å². The predicted octanol–water partition coefficient (Wildman–Crippen LogP) is 4.60. The lowest BCUT2D eigenvalue weighted by Crippen LogP contribution is -2.45. The molecule has 168 valence electrons. The van der Waals surface area contributed by atoms with Crippen LogP contribution >= 0.6 is 23.4 Å². The maximum atomic E-state index is 12.5. The fourth-order valence-electron chi connectivity index (χ4n) is 3.57. The molecule has 0 radical (unpaired) electrons. The van der Waals surface area contributed by atoms with Gasteiger partial charge in [-0.05, 0) is 47.5 Å². The molecule has 0 aromatic heterocycles. The summed E-state index contributed by atoms with van der Waals surface area (Å²) in [4.78, 5) is 38.6. The van der Waals surface area contributed by atoms with E-state index >= 15 is 0 Å². The molecule has 8 heteroatoms. The molecule has 0 fully saturated rings. The molecule has 0 saturated heterocycles. The SMILES string of the molecule is O=C1c2ccccc2C(=O)N1CCC(O)(CSc1ccc(-c2ccc(Cl)cc2)cc1)C(=O)O. The first-order valence-corrected chi connectivity index (χ1v) is 11.5. The zero-order valence-electron chi connectivity index (χ0n) is 17.4. The van der Waals surface area contributed by atoms with Gasteiger partial charge >= 0.3 is 5.97 Å². The number of carbonyl (C=O) groups is 3. The molecule has 3 aromatic rings. The number of halogens is 1. The molecule has 6 nitrogen and oxygen atoms in total. The summed E-state index contributed by atoms with van der Waals surface area (Å²) >= 11 is 7.12. The zero-order chi connectivity index (χ0) is 23.6. The minimum absolute atomic E-state index is 0.133. The van der Waals surface area contributed by atoms with Crippen molar-refractivity contribution in [2.45, 2.75) is 16.9 Å². The van der Waals surface area contributed by atoms with E-state index < -0.39 is 23.4 Å². The highest BCUT2D eigenvalue weighted by Gasteiger charge is 2.40. The van der Waals surface area contributed by atoms with Crippen LogP contribution in [-0.2, 0) is 4.79 Å². The van der Waals surface area contributed by atoms with E-state index in [0.29, 0.717) is 5.02 Å². The third kappa shape index (κ3) is 4.80. The molecule has 0 saturated carbocycles. The number of amides is 2. The van der Waals surface area contributed by atoms with E-state index in [1.54, 1.807) is 36.4 Å². The van der Waals surface area contributed by atoms with Crippen molar-refractivity contribution in [3.05, 3.63) is 88.9 Å². The monoisotopic (exact) mass is 481 g/mol. The second-order valence-corrected chi connectivity index (χ2v) is 9.20. The first-order chi connectivity index (χ1) is 15.8. The maximum Gasteiger partial charge on any atom is 0.336 e. The molecule has 1 aliphatic heterocycles. The summed E-state index contributed by atoms with van der Waals surface area (Å²) in [6.07, 6.45) is -0.274. The Hall–Kier alpha value is -3.13. The lowest BCUT2D eigenvalue weighted by atomic mass is 10.0. The standard InChI is InChI=1S/C25H20ClNO5S/c26-18-9-5-16(6-10-18)17-7-11-19(12-8-17)33-15-25(32,24(30)31)13-14-27-22(28)20-3-1-2-4-21(20)23(27)29/h1-12,32H,13-15H2,(H,30,31). The van der Waals surface area contributed by atoms with Gasteiger partial charge in [0.05, 0.1) is 11.1 Å². The van der Waals surface area contributed by atoms with Crippen molar-refractivity contribution in [3.63, 3.8) is 0 Å². The van der Waals surface area contributed by atoms with Gasteiger partial charge in [0.25, 0.3) is 11.8 Å². The van der Waals surface area contributed by atoms with Gasteiger partial charge in [0.2, 0.25) is 0 Å². The third-order valence-electron chi connectivity index (χ3n) is 5.53. The van der Waals surface area contributed by atoms with E-state index in [1.807, 2.05) is 36.4 Å². The van der Waals surface area contributed by atoms with Gasteiger partial charge in [-0.3, -0.25) is 14.5 Å². The number of carboxylic acid groups (broad SMARTS) is 1. The zero-order valence-corrected chi connectivity index (χ0v) is 19.0. The van der Waals surface area contributed by atoms with Crippen LogP contribution in [0.3, 0.4) is 0 Å². The number of aliphatic carboxylic acids is 1. The largest absolute Gasteiger partial charge is 0.479 e. The smallest absolute Gasteiger partial charge is 0.336 e. The molecule has 0 bridgehead atoms. The number of hydrogen-bond donors (Lipinski definition) is 2. The lowest BCUT2D eigenvalue weighted by Gasteiger charge is -2.25. The predicted molar refractivity (Wildman–Crippen MR) is 127 cm³/mol. The van der Waals surface area contributed by atoms with Crippen LogP contribution < -0.4 is 0 Å². The van der Waals surface area contributed by atoms with Crippen LogP contribution in [0.1, 0.15) is 27.1 Å². The van der Waals surface area contributed by atoms with Crippen molar-refractivity contribution in [3.8, 4) is 11.1 Å². The fraction of sp³-hybridized carbons (Fsp3) is 0.160. The Morgan fingerprint density at radius 3 is 1.91 bits per heavy atom. The molecule has 3 aromatic carbocycles. The average Bonchev–Trinajstić information content (AvgIpc) is 3.07. The minimum Gasteiger partial charge on any atom is -0.479 e. The number of aliphatic hydroxyl groups is 1. The summed E-state index contributed by atoms with van der Waals surface area (Å²) in [5, 5.41) is 21.1. The van der Waals surface area contributed by atoms with Gasteiger partial charge in [-0.1, -0.05) is 48.0 Å².